The van der Waals surface area contributed by atoms with Crippen LogP contribution >= 0.6 is 11.8 Å². The summed E-state index contributed by atoms with van der Waals surface area (Å²) < 4.78 is 7.97. The van der Waals surface area contributed by atoms with E-state index in [-0.39, 0.29) is 18.9 Å². The molecule has 2 aromatic heterocycles. The minimum absolute atomic E-state index is 0.0593. The highest BCUT2D eigenvalue weighted by Crippen LogP contribution is 2.34. The molecule has 1 aliphatic rings. The van der Waals surface area contributed by atoms with Crippen molar-refractivity contribution in [1.82, 2.24) is 14.5 Å². The zero-order chi connectivity index (χ0) is 18.8. The first kappa shape index (κ1) is 18.5. The molecule has 1 fully saturated rings. The monoisotopic (exact) mass is 383 g/mol. The number of hydrogen-bond donors (Lipinski definition) is 1. The van der Waals surface area contributed by atoms with Crippen molar-refractivity contribution >= 4 is 22.8 Å². The standard InChI is InChI=1S/C21H25N3O2S/c1-14(2)16-5-3-15(4-6-16)12-27-21-18-9-10-24(20(18)22-13-23-21)19-8-7-17(11-25)26-19/h3-6,9-10,13-14,17,19,25H,7-8,11-12H2,1-2H3. The van der Waals surface area contributed by atoms with Crippen molar-refractivity contribution in [3.63, 3.8) is 0 Å². The van der Waals surface area contributed by atoms with Gasteiger partial charge in [0.15, 0.2) is 0 Å². The Morgan fingerprint density at radius 3 is 2.70 bits per heavy atom. The number of aliphatic hydroxyl groups is 1. The van der Waals surface area contributed by atoms with Crippen molar-refractivity contribution in [3.05, 3.63) is 54.0 Å². The highest BCUT2D eigenvalue weighted by Gasteiger charge is 2.27. The third-order valence-corrected chi connectivity index (χ3v) is 6.17. The van der Waals surface area contributed by atoms with Crippen molar-refractivity contribution < 1.29 is 9.84 Å². The summed E-state index contributed by atoms with van der Waals surface area (Å²) in [6.07, 6.45) is 5.28. The molecule has 0 radical (unpaired) electrons. The predicted octanol–water partition coefficient (Wildman–Crippen LogP) is 4.52. The van der Waals surface area contributed by atoms with Crippen LogP contribution in [-0.4, -0.2) is 32.4 Å². The first-order valence-corrected chi connectivity index (χ1v) is 10.4. The Balaban J connectivity index is 1.51. The molecule has 3 aromatic rings. The Kier molecular flexibility index (Phi) is 5.48. The predicted molar refractivity (Wildman–Crippen MR) is 108 cm³/mol. The molecule has 1 aliphatic heterocycles. The first-order valence-electron chi connectivity index (χ1n) is 9.45. The van der Waals surface area contributed by atoms with Crippen LogP contribution in [0.2, 0.25) is 0 Å². The quantitative estimate of drug-likeness (QED) is 0.501. The molecule has 5 nitrogen and oxygen atoms in total. The van der Waals surface area contributed by atoms with Crippen LogP contribution < -0.4 is 0 Å². The fourth-order valence-corrected chi connectivity index (χ4v) is 4.40. The minimum Gasteiger partial charge on any atom is -0.394 e. The highest BCUT2D eigenvalue weighted by molar-refractivity contribution is 7.98. The first-order chi connectivity index (χ1) is 13.2. The average molecular weight is 384 g/mol. The molecule has 0 aliphatic carbocycles. The van der Waals surface area contributed by atoms with Crippen LogP contribution in [-0.2, 0) is 10.5 Å². The zero-order valence-electron chi connectivity index (χ0n) is 15.7. The summed E-state index contributed by atoms with van der Waals surface area (Å²) in [7, 11) is 0. The van der Waals surface area contributed by atoms with Gasteiger partial charge in [-0.3, -0.25) is 0 Å². The fourth-order valence-electron chi connectivity index (χ4n) is 3.47. The SMILES string of the molecule is CC(C)c1ccc(CSc2ncnc3c2ccn3C2CCC(CO)O2)cc1. The molecule has 4 rings (SSSR count). The molecular weight excluding hydrogens is 358 g/mol. The maximum absolute atomic E-state index is 9.30. The maximum Gasteiger partial charge on any atom is 0.146 e. The van der Waals surface area contributed by atoms with Gasteiger partial charge in [-0.2, -0.15) is 0 Å². The van der Waals surface area contributed by atoms with Gasteiger partial charge in [0.25, 0.3) is 0 Å². The van der Waals surface area contributed by atoms with Crippen LogP contribution in [0.3, 0.4) is 0 Å². The molecular formula is C21H25N3O2S. The van der Waals surface area contributed by atoms with Gasteiger partial charge in [-0.15, -0.1) is 11.8 Å². The Morgan fingerprint density at radius 1 is 1.19 bits per heavy atom. The second kappa shape index (κ2) is 8.00. The van der Waals surface area contributed by atoms with Gasteiger partial charge in [-0.1, -0.05) is 38.1 Å². The van der Waals surface area contributed by atoms with Crippen LogP contribution in [0.15, 0.2) is 47.9 Å². The van der Waals surface area contributed by atoms with Crippen LogP contribution in [0, 0.1) is 0 Å². The number of aromatic nitrogens is 3. The lowest BCUT2D eigenvalue weighted by Gasteiger charge is -2.14. The van der Waals surface area contributed by atoms with Crippen molar-refractivity contribution in [1.29, 1.82) is 0 Å². The van der Waals surface area contributed by atoms with E-state index in [0.717, 1.165) is 34.7 Å². The molecule has 1 aromatic carbocycles. The van der Waals surface area contributed by atoms with Gasteiger partial charge >= 0.3 is 0 Å². The highest BCUT2D eigenvalue weighted by atomic mass is 32.2. The number of rotatable bonds is 6. The largest absolute Gasteiger partial charge is 0.394 e. The number of nitrogens with zero attached hydrogens (tertiary/aromatic N) is 3. The Bertz CT molecular complexity index is 907. The van der Waals surface area contributed by atoms with Crippen LogP contribution in [0.4, 0.5) is 0 Å². The summed E-state index contributed by atoms with van der Waals surface area (Å²) in [5, 5.41) is 11.3. The molecule has 1 N–H and O–H groups in total. The smallest absolute Gasteiger partial charge is 0.146 e. The molecule has 27 heavy (non-hydrogen) atoms. The van der Waals surface area contributed by atoms with Gasteiger partial charge in [0, 0.05) is 11.9 Å². The summed E-state index contributed by atoms with van der Waals surface area (Å²) >= 11 is 1.73. The van der Waals surface area contributed by atoms with Crippen LogP contribution in [0.25, 0.3) is 11.0 Å². The Hall–Kier alpha value is -1.89. The van der Waals surface area contributed by atoms with Gasteiger partial charge in [0.05, 0.1) is 18.1 Å². The molecule has 0 amide bonds. The summed E-state index contributed by atoms with van der Waals surface area (Å²) in [6, 6.07) is 10.9. The molecule has 0 spiro atoms. The molecule has 3 heterocycles. The Morgan fingerprint density at radius 2 is 2.00 bits per heavy atom. The lowest BCUT2D eigenvalue weighted by molar-refractivity contribution is -0.0204. The van der Waals surface area contributed by atoms with Crippen LogP contribution in [0.1, 0.15) is 50.0 Å². The van der Waals surface area contributed by atoms with Crippen molar-refractivity contribution in [3.8, 4) is 0 Å². The van der Waals surface area contributed by atoms with Gasteiger partial charge in [0.2, 0.25) is 0 Å². The number of ether oxygens (including phenoxy) is 1. The second-order valence-electron chi connectivity index (χ2n) is 7.30. The number of benzene rings is 1. The van der Waals surface area contributed by atoms with E-state index in [1.807, 2.05) is 6.20 Å². The van der Waals surface area contributed by atoms with Crippen molar-refractivity contribution in [2.45, 2.75) is 55.7 Å². The van der Waals surface area contributed by atoms with E-state index in [2.05, 4.69) is 58.7 Å². The maximum atomic E-state index is 9.30. The molecule has 2 unspecified atom stereocenters. The zero-order valence-corrected chi connectivity index (χ0v) is 16.5. The summed E-state index contributed by atoms with van der Waals surface area (Å²) in [5.41, 5.74) is 3.55. The number of fused-ring (bicyclic) bond motifs is 1. The molecule has 0 bridgehead atoms. The Labute approximate surface area is 163 Å². The number of hydrogen-bond acceptors (Lipinski definition) is 5. The normalized spacial score (nSPS) is 20.0. The molecule has 1 saturated heterocycles. The van der Waals surface area contributed by atoms with Gasteiger partial charge < -0.3 is 14.4 Å². The van der Waals surface area contributed by atoms with E-state index in [1.54, 1.807) is 18.1 Å². The van der Waals surface area contributed by atoms with Crippen molar-refractivity contribution in [2.24, 2.45) is 0 Å². The molecule has 0 saturated carbocycles. The lowest BCUT2D eigenvalue weighted by Crippen LogP contribution is -2.14. The van der Waals surface area contributed by atoms with E-state index in [4.69, 9.17) is 4.74 Å². The second-order valence-corrected chi connectivity index (χ2v) is 8.26. The van der Waals surface area contributed by atoms with E-state index >= 15 is 0 Å². The third kappa shape index (κ3) is 3.88. The summed E-state index contributed by atoms with van der Waals surface area (Å²) in [6.45, 7) is 4.49. The molecule has 6 heteroatoms. The summed E-state index contributed by atoms with van der Waals surface area (Å²) in [4.78, 5) is 8.98. The third-order valence-electron chi connectivity index (χ3n) is 5.09. The summed E-state index contributed by atoms with van der Waals surface area (Å²) in [5.74, 6) is 1.43. The van der Waals surface area contributed by atoms with E-state index in [1.165, 1.54) is 11.1 Å². The number of thioether (sulfide) groups is 1. The fraction of sp³-hybridized carbons (Fsp3) is 0.429. The van der Waals surface area contributed by atoms with Crippen molar-refractivity contribution in [2.75, 3.05) is 6.61 Å². The average Bonchev–Trinajstić information content (AvgIpc) is 3.33. The molecule has 142 valence electrons. The minimum atomic E-state index is -0.0723. The lowest BCUT2D eigenvalue weighted by atomic mass is 10.0. The van der Waals surface area contributed by atoms with Gasteiger partial charge in [0.1, 0.15) is 23.2 Å². The molecule has 2 atom stereocenters. The van der Waals surface area contributed by atoms with Gasteiger partial charge in [-0.05, 0) is 36.0 Å². The van der Waals surface area contributed by atoms with Gasteiger partial charge in [-0.25, -0.2) is 9.97 Å². The van der Waals surface area contributed by atoms with E-state index < -0.39 is 0 Å². The van der Waals surface area contributed by atoms with Crippen LogP contribution in [0.5, 0.6) is 0 Å². The number of aliphatic hydroxyl groups excluding tert-OH is 1. The topological polar surface area (TPSA) is 60.2 Å². The van der Waals surface area contributed by atoms with E-state index in [0.29, 0.717) is 5.92 Å². The van der Waals surface area contributed by atoms with E-state index in [9.17, 15) is 5.11 Å².